The second kappa shape index (κ2) is 5.31. The maximum absolute atomic E-state index is 13.2. The van der Waals surface area contributed by atoms with Crippen molar-refractivity contribution in [1.29, 1.82) is 0 Å². The Bertz CT molecular complexity index is 676. The quantitative estimate of drug-likeness (QED) is 0.505. The molecule has 0 radical (unpaired) electrons. The van der Waals surface area contributed by atoms with Gasteiger partial charge in [0.1, 0.15) is 5.56 Å². The Morgan fingerprint density at radius 2 is 2.20 bits per heavy atom. The van der Waals surface area contributed by atoms with Crippen LogP contribution in [0, 0.1) is 15.9 Å². The van der Waals surface area contributed by atoms with Gasteiger partial charge in [-0.3, -0.25) is 19.9 Å². The molecule has 7 nitrogen and oxygen atoms in total. The number of nitrogens with zero attached hydrogens (tertiary/aromatic N) is 2. The summed E-state index contributed by atoms with van der Waals surface area (Å²) >= 11 is 0. The highest BCUT2D eigenvalue weighted by molar-refractivity contribution is 6.07. The standard InChI is InChI=1S/C12H9FN4O3/c13-9-5-11(17(19)20)8(4-10(9)14)12(18)16-7-2-1-3-15-6-7/h1-6H,14H2,(H,16,18). The number of carbonyl (C=O) groups excluding carboxylic acids is 1. The van der Waals surface area contributed by atoms with E-state index in [0.717, 1.165) is 6.07 Å². The zero-order chi connectivity index (χ0) is 14.7. The number of carbonyl (C=O) groups is 1. The van der Waals surface area contributed by atoms with Crippen LogP contribution in [0.3, 0.4) is 0 Å². The largest absolute Gasteiger partial charge is 0.396 e. The summed E-state index contributed by atoms with van der Waals surface area (Å²) < 4.78 is 13.2. The second-order valence-corrected chi connectivity index (χ2v) is 3.84. The number of anilines is 2. The Hall–Kier alpha value is -3.03. The molecular weight excluding hydrogens is 267 g/mol. The molecule has 0 aliphatic rings. The van der Waals surface area contributed by atoms with Crippen molar-refractivity contribution in [2.45, 2.75) is 0 Å². The third-order valence-corrected chi connectivity index (χ3v) is 2.48. The minimum absolute atomic E-state index is 0.322. The van der Waals surface area contributed by atoms with Crippen molar-refractivity contribution in [3.05, 3.63) is 58.2 Å². The van der Waals surface area contributed by atoms with Crippen molar-refractivity contribution >= 4 is 23.0 Å². The summed E-state index contributed by atoms with van der Waals surface area (Å²) in [4.78, 5) is 25.8. The highest BCUT2D eigenvalue weighted by Gasteiger charge is 2.23. The predicted octanol–water partition coefficient (Wildman–Crippen LogP) is 1.96. The number of hydrogen-bond donors (Lipinski definition) is 2. The number of pyridine rings is 1. The molecule has 1 heterocycles. The average molecular weight is 276 g/mol. The molecule has 0 bridgehead atoms. The number of benzene rings is 1. The van der Waals surface area contributed by atoms with Crippen LogP contribution in [0.4, 0.5) is 21.5 Å². The van der Waals surface area contributed by atoms with Gasteiger partial charge in [0.25, 0.3) is 11.6 Å². The fraction of sp³-hybridized carbons (Fsp3) is 0. The van der Waals surface area contributed by atoms with E-state index >= 15 is 0 Å². The summed E-state index contributed by atoms with van der Waals surface area (Å²) in [5.74, 6) is -1.72. The minimum Gasteiger partial charge on any atom is -0.396 e. The van der Waals surface area contributed by atoms with Crippen LogP contribution >= 0.6 is 0 Å². The number of nitro benzene ring substituents is 1. The first kappa shape index (κ1) is 13.4. The maximum atomic E-state index is 13.2. The molecule has 0 spiro atoms. The van der Waals surface area contributed by atoms with E-state index in [4.69, 9.17) is 5.73 Å². The Kier molecular flexibility index (Phi) is 3.56. The number of nitrogen functional groups attached to an aromatic ring is 1. The number of rotatable bonds is 3. The molecule has 2 aromatic rings. The summed E-state index contributed by atoms with van der Waals surface area (Å²) in [6, 6.07) is 4.69. The Balaban J connectivity index is 2.39. The topological polar surface area (TPSA) is 111 Å². The molecule has 0 saturated carbocycles. The lowest BCUT2D eigenvalue weighted by Crippen LogP contribution is -2.15. The zero-order valence-electron chi connectivity index (χ0n) is 10.0. The van der Waals surface area contributed by atoms with Gasteiger partial charge in [-0.1, -0.05) is 0 Å². The molecule has 0 aliphatic heterocycles. The number of hydrogen-bond acceptors (Lipinski definition) is 5. The smallest absolute Gasteiger partial charge is 0.285 e. The molecule has 2 rings (SSSR count). The molecule has 1 amide bonds. The minimum atomic E-state index is -0.949. The van der Waals surface area contributed by atoms with Crippen molar-refractivity contribution in [3.63, 3.8) is 0 Å². The Morgan fingerprint density at radius 3 is 2.80 bits per heavy atom. The normalized spacial score (nSPS) is 10.1. The fourth-order valence-electron chi connectivity index (χ4n) is 1.55. The van der Waals surface area contributed by atoms with E-state index < -0.39 is 22.3 Å². The van der Waals surface area contributed by atoms with Crippen molar-refractivity contribution in [2.75, 3.05) is 11.1 Å². The molecule has 102 valence electrons. The van der Waals surface area contributed by atoms with Crippen molar-refractivity contribution < 1.29 is 14.1 Å². The van der Waals surface area contributed by atoms with Crippen LogP contribution in [0.15, 0.2) is 36.7 Å². The average Bonchev–Trinajstić information content (AvgIpc) is 2.42. The lowest BCUT2D eigenvalue weighted by molar-refractivity contribution is -0.385. The monoisotopic (exact) mass is 276 g/mol. The van der Waals surface area contributed by atoms with E-state index in [2.05, 4.69) is 10.3 Å². The van der Waals surface area contributed by atoms with Crippen LogP contribution in [-0.4, -0.2) is 15.8 Å². The number of amides is 1. The molecule has 1 aromatic heterocycles. The maximum Gasteiger partial charge on any atom is 0.285 e. The third-order valence-electron chi connectivity index (χ3n) is 2.48. The molecule has 3 N–H and O–H groups in total. The van der Waals surface area contributed by atoms with Gasteiger partial charge in [-0.25, -0.2) is 4.39 Å². The summed E-state index contributed by atoms with van der Waals surface area (Å²) in [5, 5.41) is 13.3. The van der Waals surface area contributed by atoms with Crippen molar-refractivity contribution in [3.8, 4) is 0 Å². The summed E-state index contributed by atoms with van der Waals surface area (Å²) in [6.45, 7) is 0. The van der Waals surface area contributed by atoms with Crippen LogP contribution in [0.1, 0.15) is 10.4 Å². The predicted molar refractivity (Wildman–Crippen MR) is 69.7 cm³/mol. The van der Waals surface area contributed by atoms with Gasteiger partial charge in [0.05, 0.1) is 28.6 Å². The first-order valence-corrected chi connectivity index (χ1v) is 5.44. The van der Waals surface area contributed by atoms with E-state index in [0.29, 0.717) is 11.8 Å². The highest BCUT2D eigenvalue weighted by atomic mass is 19.1. The Labute approximate surface area is 112 Å². The van der Waals surface area contributed by atoms with Gasteiger partial charge in [0.15, 0.2) is 5.82 Å². The van der Waals surface area contributed by atoms with Crippen molar-refractivity contribution in [1.82, 2.24) is 4.98 Å². The van der Waals surface area contributed by atoms with Crippen molar-refractivity contribution in [2.24, 2.45) is 0 Å². The number of aromatic nitrogens is 1. The third kappa shape index (κ3) is 2.69. The SMILES string of the molecule is Nc1cc(C(=O)Nc2cccnc2)c([N+](=O)[O-])cc1F. The lowest BCUT2D eigenvalue weighted by atomic mass is 10.1. The van der Waals surface area contributed by atoms with Gasteiger partial charge in [-0.2, -0.15) is 0 Å². The number of nitrogens with two attached hydrogens (primary N) is 1. The molecule has 0 saturated heterocycles. The van der Waals surface area contributed by atoms with Crippen LogP contribution in [-0.2, 0) is 0 Å². The van der Waals surface area contributed by atoms with E-state index in [-0.39, 0.29) is 11.3 Å². The molecule has 20 heavy (non-hydrogen) atoms. The van der Waals surface area contributed by atoms with Gasteiger partial charge >= 0.3 is 0 Å². The molecule has 1 aromatic carbocycles. The number of halogens is 1. The van der Waals surface area contributed by atoms with Crippen LogP contribution in [0.2, 0.25) is 0 Å². The van der Waals surface area contributed by atoms with Gasteiger partial charge in [-0.15, -0.1) is 0 Å². The van der Waals surface area contributed by atoms with Gasteiger partial charge < -0.3 is 11.1 Å². The Morgan fingerprint density at radius 1 is 1.45 bits per heavy atom. The second-order valence-electron chi connectivity index (χ2n) is 3.84. The van der Waals surface area contributed by atoms with Gasteiger partial charge in [-0.05, 0) is 18.2 Å². The zero-order valence-corrected chi connectivity index (χ0v) is 10.0. The van der Waals surface area contributed by atoms with E-state index in [9.17, 15) is 19.3 Å². The first-order valence-electron chi connectivity index (χ1n) is 5.44. The fourth-order valence-corrected chi connectivity index (χ4v) is 1.55. The van der Waals surface area contributed by atoms with E-state index in [1.54, 1.807) is 12.1 Å². The van der Waals surface area contributed by atoms with Crippen LogP contribution < -0.4 is 11.1 Å². The van der Waals surface area contributed by atoms with Gasteiger partial charge in [0.2, 0.25) is 0 Å². The van der Waals surface area contributed by atoms with E-state index in [1.165, 1.54) is 12.4 Å². The molecule has 0 fully saturated rings. The lowest BCUT2D eigenvalue weighted by Gasteiger charge is -2.06. The molecule has 0 unspecified atom stereocenters. The van der Waals surface area contributed by atoms with Gasteiger partial charge in [0, 0.05) is 6.20 Å². The van der Waals surface area contributed by atoms with E-state index in [1.807, 2.05) is 0 Å². The van der Waals surface area contributed by atoms with Crippen LogP contribution in [0.5, 0.6) is 0 Å². The molecule has 0 aliphatic carbocycles. The number of nitro groups is 1. The molecule has 0 atom stereocenters. The molecule has 8 heteroatoms. The number of nitrogens with one attached hydrogen (secondary N) is 1. The summed E-state index contributed by atoms with van der Waals surface area (Å²) in [7, 11) is 0. The summed E-state index contributed by atoms with van der Waals surface area (Å²) in [5.41, 5.74) is 4.37. The summed E-state index contributed by atoms with van der Waals surface area (Å²) in [6.07, 6.45) is 2.88. The molecular formula is C12H9FN4O3. The van der Waals surface area contributed by atoms with Crippen LogP contribution in [0.25, 0.3) is 0 Å². The first-order chi connectivity index (χ1) is 9.49. The highest BCUT2D eigenvalue weighted by Crippen LogP contribution is 2.25.